The minimum Gasteiger partial charge on any atom is -0.493 e. The van der Waals surface area contributed by atoms with Crippen molar-refractivity contribution >= 4 is 27.5 Å². The average Bonchev–Trinajstić information content (AvgIpc) is 2.61. The molecule has 0 saturated heterocycles. The van der Waals surface area contributed by atoms with Crippen molar-refractivity contribution in [3.8, 4) is 11.5 Å². The number of methoxy groups -OCH3 is 2. The molecule has 0 fully saturated rings. The van der Waals surface area contributed by atoms with Crippen LogP contribution in [0.4, 0.5) is 5.69 Å². The summed E-state index contributed by atoms with van der Waals surface area (Å²) in [4.78, 5) is 12.8. The molecule has 5 heteroatoms. The third kappa shape index (κ3) is 3.26. The number of anilines is 1. The largest absolute Gasteiger partial charge is 0.493 e. The number of amides is 1. The van der Waals surface area contributed by atoms with Crippen molar-refractivity contribution in [3.05, 3.63) is 51.5 Å². The first-order chi connectivity index (χ1) is 11.6. The number of aryl methyl sites for hydroxylation is 1. The van der Waals surface area contributed by atoms with E-state index in [-0.39, 0.29) is 5.91 Å². The first-order valence-electron chi connectivity index (χ1n) is 7.97. The summed E-state index contributed by atoms with van der Waals surface area (Å²) in [6, 6.07) is 9.55. The molecule has 2 aromatic rings. The molecule has 3 rings (SSSR count). The molecule has 0 aromatic heterocycles. The average molecular weight is 390 g/mol. The van der Waals surface area contributed by atoms with Crippen LogP contribution >= 0.6 is 15.9 Å². The number of rotatable bonds is 4. The van der Waals surface area contributed by atoms with Crippen molar-refractivity contribution in [2.45, 2.75) is 25.7 Å². The Balaban J connectivity index is 1.91. The van der Waals surface area contributed by atoms with E-state index in [1.165, 1.54) is 24.0 Å². The maximum absolute atomic E-state index is 12.8. The fourth-order valence-corrected chi connectivity index (χ4v) is 3.62. The highest BCUT2D eigenvalue weighted by atomic mass is 79.9. The van der Waals surface area contributed by atoms with Crippen molar-refractivity contribution in [1.29, 1.82) is 0 Å². The van der Waals surface area contributed by atoms with Gasteiger partial charge in [-0.2, -0.15) is 0 Å². The summed E-state index contributed by atoms with van der Waals surface area (Å²) in [7, 11) is 3.13. The lowest BCUT2D eigenvalue weighted by atomic mass is 9.90. The SMILES string of the molecule is COc1cc(Br)c(C(=O)Nc2cccc3c2CCCC3)cc1OC. The van der Waals surface area contributed by atoms with Crippen LogP contribution in [0.15, 0.2) is 34.8 Å². The highest BCUT2D eigenvalue weighted by molar-refractivity contribution is 9.10. The number of carbonyl (C=O) groups is 1. The predicted octanol–water partition coefficient (Wildman–Crippen LogP) is 4.60. The smallest absolute Gasteiger partial charge is 0.256 e. The van der Waals surface area contributed by atoms with Crippen LogP contribution in [0.2, 0.25) is 0 Å². The summed E-state index contributed by atoms with van der Waals surface area (Å²) in [5.74, 6) is 0.945. The lowest BCUT2D eigenvalue weighted by Crippen LogP contribution is -2.16. The molecule has 0 bridgehead atoms. The second-order valence-electron chi connectivity index (χ2n) is 5.79. The molecule has 0 radical (unpaired) electrons. The van der Waals surface area contributed by atoms with Crippen LogP contribution in [-0.2, 0) is 12.8 Å². The minimum absolute atomic E-state index is 0.165. The number of benzene rings is 2. The van der Waals surface area contributed by atoms with E-state index in [4.69, 9.17) is 9.47 Å². The van der Waals surface area contributed by atoms with Crippen LogP contribution < -0.4 is 14.8 Å². The van der Waals surface area contributed by atoms with Crippen molar-refractivity contribution in [2.75, 3.05) is 19.5 Å². The van der Waals surface area contributed by atoms with Gasteiger partial charge in [0.05, 0.1) is 19.8 Å². The van der Waals surface area contributed by atoms with Gasteiger partial charge in [-0.05, 0) is 70.9 Å². The van der Waals surface area contributed by atoms with Crippen LogP contribution in [0.5, 0.6) is 11.5 Å². The van der Waals surface area contributed by atoms with Crippen LogP contribution in [0.1, 0.15) is 34.3 Å². The van der Waals surface area contributed by atoms with E-state index >= 15 is 0 Å². The van der Waals surface area contributed by atoms with Gasteiger partial charge in [0.15, 0.2) is 11.5 Å². The topological polar surface area (TPSA) is 47.6 Å². The van der Waals surface area contributed by atoms with Gasteiger partial charge in [0, 0.05) is 10.2 Å². The molecule has 0 heterocycles. The van der Waals surface area contributed by atoms with Gasteiger partial charge in [0.25, 0.3) is 5.91 Å². The quantitative estimate of drug-likeness (QED) is 0.830. The van der Waals surface area contributed by atoms with E-state index in [1.807, 2.05) is 12.1 Å². The van der Waals surface area contributed by atoms with Gasteiger partial charge in [-0.25, -0.2) is 0 Å². The summed E-state index contributed by atoms with van der Waals surface area (Å²) in [6.45, 7) is 0. The predicted molar refractivity (Wildman–Crippen MR) is 98.3 cm³/mol. The first kappa shape index (κ1) is 16.8. The summed E-state index contributed by atoms with van der Waals surface area (Å²) >= 11 is 3.44. The number of halogens is 1. The molecule has 1 aliphatic carbocycles. The van der Waals surface area contributed by atoms with Crippen LogP contribution in [0, 0.1) is 0 Å². The maximum Gasteiger partial charge on any atom is 0.256 e. The first-order valence-corrected chi connectivity index (χ1v) is 8.77. The molecular formula is C19H20BrNO3. The van der Waals surface area contributed by atoms with Crippen LogP contribution in [0.3, 0.4) is 0 Å². The zero-order valence-electron chi connectivity index (χ0n) is 13.8. The monoisotopic (exact) mass is 389 g/mol. The number of nitrogens with one attached hydrogen (secondary N) is 1. The van der Waals surface area contributed by atoms with Crippen LogP contribution in [0.25, 0.3) is 0 Å². The molecule has 1 N–H and O–H groups in total. The molecule has 4 nitrogen and oxygen atoms in total. The second-order valence-corrected chi connectivity index (χ2v) is 6.65. The zero-order valence-corrected chi connectivity index (χ0v) is 15.4. The molecule has 126 valence electrons. The Bertz CT molecular complexity index is 773. The molecule has 1 aliphatic rings. The molecule has 0 unspecified atom stereocenters. The van der Waals surface area contributed by atoms with E-state index in [0.717, 1.165) is 18.5 Å². The summed E-state index contributed by atoms with van der Waals surface area (Å²) in [5.41, 5.74) is 4.01. The third-order valence-corrected chi connectivity index (χ3v) is 5.02. The van der Waals surface area contributed by atoms with Crippen LogP contribution in [-0.4, -0.2) is 20.1 Å². The fraction of sp³-hybridized carbons (Fsp3) is 0.316. The Kier molecular flexibility index (Phi) is 5.09. The van der Waals surface area contributed by atoms with E-state index in [9.17, 15) is 4.79 Å². The lowest BCUT2D eigenvalue weighted by molar-refractivity contribution is 0.102. The summed E-state index contributed by atoms with van der Waals surface area (Å²) < 4.78 is 11.2. The fourth-order valence-electron chi connectivity index (χ4n) is 3.12. The van der Waals surface area contributed by atoms with Gasteiger partial charge in [-0.1, -0.05) is 12.1 Å². The Morgan fingerprint density at radius 2 is 1.79 bits per heavy atom. The van der Waals surface area contributed by atoms with Crippen molar-refractivity contribution in [1.82, 2.24) is 0 Å². The Labute approximate surface area is 150 Å². The zero-order chi connectivity index (χ0) is 17.1. The van der Waals surface area contributed by atoms with Gasteiger partial charge in [-0.3, -0.25) is 4.79 Å². The maximum atomic E-state index is 12.8. The van der Waals surface area contributed by atoms with Crippen molar-refractivity contribution in [3.63, 3.8) is 0 Å². The van der Waals surface area contributed by atoms with Gasteiger partial charge in [0.2, 0.25) is 0 Å². The molecule has 0 atom stereocenters. The highest BCUT2D eigenvalue weighted by Gasteiger charge is 2.18. The standard InChI is InChI=1S/C19H20BrNO3/c1-23-17-10-14(15(20)11-18(17)24-2)19(22)21-16-9-5-7-12-6-3-4-8-13(12)16/h5,7,9-11H,3-4,6,8H2,1-2H3,(H,21,22). The minimum atomic E-state index is -0.165. The molecule has 1 amide bonds. The van der Waals surface area contributed by atoms with E-state index in [2.05, 4.69) is 27.3 Å². The number of fused-ring (bicyclic) bond motifs is 1. The molecule has 2 aromatic carbocycles. The molecular weight excluding hydrogens is 370 g/mol. The van der Waals surface area contributed by atoms with Crippen molar-refractivity contribution in [2.24, 2.45) is 0 Å². The number of ether oxygens (including phenoxy) is 2. The summed E-state index contributed by atoms with van der Waals surface area (Å²) in [6.07, 6.45) is 4.48. The Hall–Kier alpha value is -2.01. The molecule has 0 saturated carbocycles. The Morgan fingerprint density at radius 1 is 1.08 bits per heavy atom. The highest BCUT2D eigenvalue weighted by Crippen LogP contribution is 2.34. The van der Waals surface area contributed by atoms with Gasteiger partial charge < -0.3 is 14.8 Å². The molecule has 0 spiro atoms. The van der Waals surface area contributed by atoms with E-state index in [0.29, 0.717) is 21.5 Å². The molecule has 0 aliphatic heterocycles. The van der Waals surface area contributed by atoms with E-state index < -0.39 is 0 Å². The lowest BCUT2D eigenvalue weighted by Gasteiger charge is -2.20. The van der Waals surface area contributed by atoms with Crippen molar-refractivity contribution < 1.29 is 14.3 Å². The second kappa shape index (κ2) is 7.26. The van der Waals surface area contributed by atoms with E-state index in [1.54, 1.807) is 26.4 Å². The number of hydrogen-bond acceptors (Lipinski definition) is 3. The van der Waals surface area contributed by atoms with Gasteiger partial charge in [0.1, 0.15) is 0 Å². The van der Waals surface area contributed by atoms with Gasteiger partial charge in [-0.15, -0.1) is 0 Å². The Morgan fingerprint density at radius 3 is 2.54 bits per heavy atom. The molecule has 24 heavy (non-hydrogen) atoms. The van der Waals surface area contributed by atoms with Gasteiger partial charge >= 0.3 is 0 Å². The summed E-state index contributed by atoms with van der Waals surface area (Å²) in [5, 5.41) is 3.05. The number of carbonyl (C=O) groups excluding carboxylic acids is 1. The normalized spacial score (nSPS) is 13.1. The number of hydrogen-bond donors (Lipinski definition) is 1. The third-order valence-electron chi connectivity index (χ3n) is 4.36.